The van der Waals surface area contributed by atoms with Crippen LogP contribution in [-0.4, -0.2) is 53.0 Å². The highest BCUT2D eigenvalue weighted by molar-refractivity contribution is 6.69. The topological polar surface area (TPSA) is 84.4 Å². The number of unbranched alkanes of at least 4 members (excludes halogenated alkanes) is 10. The standard InChI is InChI=1S/C40H53F3N6O2/c1-6-9-11-13-15-19-25-48(26-20-16-14-12-10-7-2)31-23-24-33(29(4)27-31)45-39-37(35(50)8-3)46-38-36(30(5)47-49(38)39)32-21-17-18-22-34(32)44-28-51-40(41,42)43/h17-18,21-24,27-28H,6-16,19-20,25-26H2,1-5H3. The van der Waals surface area contributed by atoms with Gasteiger partial charge in [0.15, 0.2) is 29.5 Å². The number of Topliss-reactive ketones (excluding diaryl/α,β-unsaturated/α-hetero) is 1. The van der Waals surface area contributed by atoms with Crippen LogP contribution in [0.4, 0.5) is 36.1 Å². The number of aliphatic imine (C=N–C) groups is 3. The van der Waals surface area contributed by atoms with Gasteiger partial charge in [-0.15, -0.1) is 13.2 Å². The lowest BCUT2D eigenvalue weighted by Gasteiger charge is -2.26. The average molecular weight is 707 g/mol. The SMILES string of the molecule is CCCCCCCCN(CCCCCCCC)c1ccc(N=C2C(C(=O)CC)=Nc3c(-c4ccccc4N=COC(F)(F)F)c(C)nn32)c(C)c1. The molecule has 1 aliphatic rings. The fourth-order valence-corrected chi connectivity index (χ4v) is 6.34. The number of alkyl halides is 3. The fraction of sp³-hybridized carbons (Fsp3) is 0.525. The summed E-state index contributed by atoms with van der Waals surface area (Å²) in [5.74, 6) is 0.506. The summed E-state index contributed by atoms with van der Waals surface area (Å²) in [6.45, 7) is 12.1. The van der Waals surface area contributed by atoms with E-state index in [4.69, 9.17) is 15.1 Å². The van der Waals surface area contributed by atoms with Crippen molar-refractivity contribution in [3.05, 3.63) is 53.7 Å². The van der Waals surface area contributed by atoms with Gasteiger partial charge in [-0.25, -0.2) is 15.0 Å². The molecule has 0 amide bonds. The van der Waals surface area contributed by atoms with E-state index in [1.165, 1.54) is 69.9 Å². The fourth-order valence-electron chi connectivity index (χ4n) is 6.34. The second kappa shape index (κ2) is 19.4. The summed E-state index contributed by atoms with van der Waals surface area (Å²) in [6, 6.07) is 13.0. The number of fused-ring (bicyclic) bond motifs is 1. The molecular formula is C40H53F3N6O2. The van der Waals surface area contributed by atoms with Crippen molar-refractivity contribution in [3.63, 3.8) is 0 Å². The molecule has 0 saturated carbocycles. The van der Waals surface area contributed by atoms with Crippen molar-refractivity contribution in [3.8, 4) is 11.1 Å². The molecule has 0 bridgehead atoms. The Morgan fingerprint density at radius 1 is 0.863 bits per heavy atom. The van der Waals surface area contributed by atoms with Crippen LogP contribution >= 0.6 is 0 Å². The van der Waals surface area contributed by atoms with Gasteiger partial charge in [-0.2, -0.15) is 9.78 Å². The van der Waals surface area contributed by atoms with Crippen molar-refractivity contribution in [1.29, 1.82) is 0 Å². The zero-order chi connectivity index (χ0) is 36.8. The predicted molar refractivity (Wildman–Crippen MR) is 203 cm³/mol. The number of ether oxygens (including phenoxy) is 1. The first kappa shape index (κ1) is 39.5. The van der Waals surface area contributed by atoms with Crippen molar-refractivity contribution in [1.82, 2.24) is 9.78 Å². The third-order valence-electron chi connectivity index (χ3n) is 9.14. The summed E-state index contributed by atoms with van der Waals surface area (Å²) in [5, 5.41) is 4.72. The van der Waals surface area contributed by atoms with Crippen molar-refractivity contribution in [2.24, 2.45) is 15.0 Å². The van der Waals surface area contributed by atoms with Gasteiger partial charge in [0.2, 0.25) is 0 Å². The van der Waals surface area contributed by atoms with Crippen LogP contribution in [0.1, 0.15) is 115 Å². The van der Waals surface area contributed by atoms with E-state index >= 15 is 0 Å². The summed E-state index contributed by atoms with van der Waals surface area (Å²) in [5.41, 5.74) is 4.91. The highest BCUT2D eigenvalue weighted by Crippen LogP contribution is 2.41. The normalized spacial score (nSPS) is 13.6. The van der Waals surface area contributed by atoms with Crippen LogP contribution in [0.15, 0.2) is 57.4 Å². The molecule has 0 unspecified atom stereocenters. The van der Waals surface area contributed by atoms with E-state index in [1.807, 2.05) is 13.0 Å². The first-order valence-electron chi connectivity index (χ1n) is 18.6. The summed E-state index contributed by atoms with van der Waals surface area (Å²) < 4.78 is 43.3. The van der Waals surface area contributed by atoms with Crippen molar-refractivity contribution < 1.29 is 22.7 Å². The van der Waals surface area contributed by atoms with Gasteiger partial charge in [-0.3, -0.25) is 4.79 Å². The van der Waals surface area contributed by atoms with Gasteiger partial charge in [0.1, 0.15) is 0 Å². The minimum Gasteiger partial charge on any atom is -0.395 e. The van der Waals surface area contributed by atoms with E-state index in [0.717, 1.165) is 31.5 Å². The van der Waals surface area contributed by atoms with Gasteiger partial charge < -0.3 is 9.64 Å². The minimum absolute atomic E-state index is 0.189. The number of aryl methyl sites for hydroxylation is 2. The summed E-state index contributed by atoms with van der Waals surface area (Å²) in [4.78, 5) is 29.3. The van der Waals surface area contributed by atoms with Crippen LogP contribution in [0.25, 0.3) is 11.1 Å². The maximum Gasteiger partial charge on any atom is 0.573 e. The molecule has 0 atom stereocenters. The highest BCUT2D eigenvalue weighted by Gasteiger charge is 2.33. The first-order valence-corrected chi connectivity index (χ1v) is 18.6. The Bertz CT molecular complexity index is 1680. The summed E-state index contributed by atoms with van der Waals surface area (Å²) in [7, 11) is 0. The summed E-state index contributed by atoms with van der Waals surface area (Å²) >= 11 is 0. The van der Waals surface area contributed by atoms with E-state index in [9.17, 15) is 18.0 Å². The third kappa shape index (κ3) is 11.1. The number of rotatable bonds is 21. The second-order valence-electron chi connectivity index (χ2n) is 13.2. The van der Waals surface area contributed by atoms with Crippen molar-refractivity contribution in [2.45, 2.75) is 124 Å². The molecule has 0 aliphatic carbocycles. The van der Waals surface area contributed by atoms with Crippen LogP contribution in [0.5, 0.6) is 0 Å². The molecule has 0 N–H and O–H groups in total. The lowest BCUT2D eigenvalue weighted by atomic mass is 10.0. The molecule has 1 aliphatic heterocycles. The molecule has 0 spiro atoms. The Kier molecular flexibility index (Phi) is 15.0. The lowest BCUT2D eigenvalue weighted by molar-refractivity contribution is -0.280. The summed E-state index contributed by atoms with van der Waals surface area (Å²) in [6.07, 6.45) is 10.7. The number of benzene rings is 2. The van der Waals surface area contributed by atoms with Crippen LogP contribution < -0.4 is 4.90 Å². The monoisotopic (exact) mass is 706 g/mol. The van der Waals surface area contributed by atoms with Gasteiger partial charge in [-0.1, -0.05) is 103 Å². The van der Waals surface area contributed by atoms with E-state index in [-0.39, 0.29) is 23.6 Å². The molecule has 2 heterocycles. The maximum atomic E-state index is 13.2. The number of halogens is 3. The molecule has 8 nitrogen and oxygen atoms in total. The van der Waals surface area contributed by atoms with Crippen molar-refractivity contribution in [2.75, 3.05) is 18.0 Å². The molecule has 276 valence electrons. The Morgan fingerprint density at radius 2 is 1.49 bits per heavy atom. The van der Waals surface area contributed by atoms with Crippen LogP contribution in [0, 0.1) is 13.8 Å². The molecule has 0 fully saturated rings. The molecule has 1 aromatic heterocycles. The van der Waals surface area contributed by atoms with Crippen molar-refractivity contribution >= 4 is 46.6 Å². The molecule has 3 aromatic rings. The van der Waals surface area contributed by atoms with E-state index in [1.54, 1.807) is 42.8 Å². The molecule has 0 radical (unpaired) electrons. The predicted octanol–water partition coefficient (Wildman–Crippen LogP) is 11.5. The van der Waals surface area contributed by atoms with Gasteiger partial charge in [0.25, 0.3) is 0 Å². The minimum atomic E-state index is -4.85. The number of carbonyl (C=O) groups is 1. The zero-order valence-electron chi connectivity index (χ0n) is 30.9. The number of aromatic nitrogens is 2. The van der Waals surface area contributed by atoms with Crippen LogP contribution in [0.3, 0.4) is 0 Å². The Labute approximate surface area is 300 Å². The van der Waals surface area contributed by atoms with Gasteiger partial charge in [-0.05, 0) is 56.5 Å². The highest BCUT2D eigenvalue weighted by atomic mass is 19.4. The zero-order valence-corrected chi connectivity index (χ0v) is 30.9. The van der Waals surface area contributed by atoms with Gasteiger partial charge >= 0.3 is 6.36 Å². The smallest absolute Gasteiger partial charge is 0.395 e. The number of carbonyl (C=O) groups excluding carboxylic acids is 1. The number of hydrogen-bond donors (Lipinski definition) is 0. The average Bonchev–Trinajstić information content (AvgIpc) is 3.61. The van der Waals surface area contributed by atoms with Crippen LogP contribution in [0.2, 0.25) is 0 Å². The van der Waals surface area contributed by atoms with E-state index < -0.39 is 6.36 Å². The van der Waals surface area contributed by atoms with Gasteiger partial charge in [0.05, 0.1) is 22.6 Å². The number of para-hydroxylation sites is 1. The van der Waals surface area contributed by atoms with Crippen LogP contribution in [-0.2, 0) is 9.53 Å². The molecule has 0 saturated heterocycles. The quantitative estimate of drug-likeness (QED) is 0.0627. The number of anilines is 1. The van der Waals surface area contributed by atoms with E-state index in [0.29, 0.717) is 40.6 Å². The Balaban J connectivity index is 1.64. The molecule has 2 aromatic carbocycles. The lowest BCUT2D eigenvalue weighted by Crippen LogP contribution is -2.26. The second-order valence-corrected chi connectivity index (χ2v) is 13.2. The number of nitrogens with zero attached hydrogens (tertiary/aromatic N) is 6. The molecular weight excluding hydrogens is 653 g/mol. The molecule has 4 rings (SSSR count). The largest absolute Gasteiger partial charge is 0.573 e. The van der Waals surface area contributed by atoms with Gasteiger partial charge in [0, 0.05) is 30.8 Å². The first-order chi connectivity index (χ1) is 24.6. The maximum absolute atomic E-state index is 13.2. The number of ketones is 1. The number of hydrogen-bond acceptors (Lipinski definition) is 7. The Morgan fingerprint density at radius 3 is 2.10 bits per heavy atom. The molecule has 51 heavy (non-hydrogen) atoms. The molecule has 11 heteroatoms. The van der Waals surface area contributed by atoms with E-state index in [2.05, 4.69) is 40.6 Å². The Hall–Kier alpha value is -4.28. The third-order valence-corrected chi connectivity index (χ3v) is 9.14.